The number of piperazine rings is 1. The van der Waals surface area contributed by atoms with Gasteiger partial charge in [0.15, 0.2) is 0 Å². The third-order valence-electron chi connectivity index (χ3n) is 3.53. The highest BCUT2D eigenvalue weighted by Crippen LogP contribution is 2.27. The van der Waals surface area contributed by atoms with Crippen molar-refractivity contribution < 1.29 is 4.79 Å². The first-order chi connectivity index (χ1) is 9.25. The van der Waals surface area contributed by atoms with Gasteiger partial charge in [0.25, 0.3) is 0 Å². The number of anilines is 1. The number of aromatic nitrogens is 1. The minimum atomic E-state index is -0.0191. The van der Waals surface area contributed by atoms with E-state index in [9.17, 15) is 4.79 Å². The molecule has 0 radical (unpaired) electrons. The molecule has 0 bridgehead atoms. The van der Waals surface area contributed by atoms with Crippen LogP contribution in [0.1, 0.15) is 5.69 Å². The van der Waals surface area contributed by atoms with Crippen molar-refractivity contribution in [2.75, 3.05) is 31.5 Å². The zero-order valence-corrected chi connectivity index (χ0v) is 11.0. The average Bonchev–Trinajstić information content (AvgIpc) is 2.76. The lowest BCUT2D eigenvalue weighted by Gasteiger charge is -2.27. The van der Waals surface area contributed by atoms with Crippen LogP contribution in [0, 0.1) is 6.92 Å². The van der Waals surface area contributed by atoms with Crippen molar-refractivity contribution in [3.63, 3.8) is 0 Å². The van der Waals surface area contributed by atoms with Crippen molar-refractivity contribution in [3.05, 3.63) is 30.0 Å². The molecule has 19 heavy (non-hydrogen) atoms. The van der Waals surface area contributed by atoms with Gasteiger partial charge in [0.1, 0.15) is 0 Å². The van der Waals surface area contributed by atoms with Crippen molar-refractivity contribution in [1.82, 2.24) is 15.2 Å². The molecule has 1 fully saturated rings. The first-order valence-electron chi connectivity index (χ1n) is 6.59. The van der Waals surface area contributed by atoms with Crippen molar-refractivity contribution in [2.24, 2.45) is 0 Å². The predicted octanol–water partition coefficient (Wildman–Crippen LogP) is 1.91. The minimum Gasteiger partial charge on any atom is -0.357 e. The number of aromatic amines is 1. The Bertz CT molecular complexity index is 599. The molecule has 5 nitrogen and oxygen atoms in total. The quantitative estimate of drug-likeness (QED) is 0.732. The summed E-state index contributed by atoms with van der Waals surface area (Å²) in [6, 6.07) is 7.99. The summed E-state index contributed by atoms with van der Waals surface area (Å²) in [6.45, 7) is 5.22. The van der Waals surface area contributed by atoms with E-state index < -0.39 is 0 Å². The van der Waals surface area contributed by atoms with Crippen LogP contribution in [-0.4, -0.2) is 42.1 Å². The summed E-state index contributed by atoms with van der Waals surface area (Å²) in [4.78, 5) is 17.4. The van der Waals surface area contributed by atoms with E-state index >= 15 is 0 Å². The van der Waals surface area contributed by atoms with Crippen LogP contribution in [0.5, 0.6) is 0 Å². The second-order valence-electron chi connectivity index (χ2n) is 4.84. The van der Waals surface area contributed by atoms with E-state index in [1.54, 1.807) is 0 Å². The van der Waals surface area contributed by atoms with Gasteiger partial charge in [-0.15, -0.1) is 0 Å². The number of urea groups is 1. The predicted molar refractivity (Wildman–Crippen MR) is 76.5 cm³/mol. The molecule has 0 aliphatic carbocycles. The lowest BCUT2D eigenvalue weighted by molar-refractivity contribution is 0.204. The van der Waals surface area contributed by atoms with Crippen molar-refractivity contribution in [2.45, 2.75) is 6.92 Å². The normalized spacial score (nSPS) is 15.7. The summed E-state index contributed by atoms with van der Waals surface area (Å²) in [5, 5.41) is 7.33. The van der Waals surface area contributed by atoms with Crippen LogP contribution in [0.25, 0.3) is 10.9 Å². The van der Waals surface area contributed by atoms with Gasteiger partial charge in [0.05, 0.1) is 5.69 Å². The number of hydrogen-bond acceptors (Lipinski definition) is 2. The topological polar surface area (TPSA) is 60.2 Å². The van der Waals surface area contributed by atoms with Crippen LogP contribution in [0.3, 0.4) is 0 Å². The van der Waals surface area contributed by atoms with Gasteiger partial charge < -0.3 is 20.5 Å². The number of hydrogen-bond donors (Lipinski definition) is 3. The monoisotopic (exact) mass is 258 g/mol. The SMILES string of the molecule is Cc1[nH]c2ccccc2c1NC(=O)N1CCNCC1. The van der Waals surface area contributed by atoms with E-state index in [2.05, 4.69) is 15.6 Å². The minimum absolute atomic E-state index is 0.0191. The van der Waals surface area contributed by atoms with Crippen LogP contribution < -0.4 is 10.6 Å². The smallest absolute Gasteiger partial charge is 0.322 e. The molecule has 1 saturated heterocycles. The highest BCUT2D eigenvalue weighted by atomic mass is 16.2. The summed E-state index contributed by atoms with van der Waals surface area (Å²) < 4.78 is 0. The van der Waals surface area contributed by atoms with Gasteiger partial charge in [-0.3, -0.25) is 0 Å². The lowest BCUT2D eigenvalue weighted by atomic mass is 10.2. The molecule has 0 unspecified atom stereocenters. The summed E-state index contributed by atoms with van der Waals surface area (Å²) in [5.74, 6) is 0. The number of carbonyl (C=O) groups excluding carboxylic acids is 1. The maximum absolute atomic E-state index is 12.2. The summed E-state index contributed by atoms with van der Waals surface area (Å²) in [5.41, 5.74) is 2.93. The largest absolute Gasteiger partial charge is 0.357 e. The van der Waals surface area contributed by atoms with Crippen molar-refractivity contribution in [1.29, 1.82) is 0 Å². The van der Waals surface area contributed by atoms with E-state index in [1.807, 2.05) is 36.1 Å². The van der Waals surface area contributed by atoms with Gasteiger partial charge in [-0.1, -0.05) is 18.2 Å². The number of fused-ring (bicyclic) bond motifs is 1. The standard InChI is InChI=1S/C14H18N4O/c1-10-13(11-4-2-3-5-12(11)16-10)17-14(19)18-8-6-15-7-9-18/h2-5,15-16H,6-9H2,1H3,(H,17,19). The Kier molecular flexibility index (Phi) is 3.13. The number of nitrogens with one attached hydrogen (secondary N) is 3. The van der Waals surface area contributed by atoms with E-state index in [4.69, 9.17) is 0 Å². The molecular formula is C14H18N4O. The van der Waals surface area contributed by atoms with Gasteiger partial charge in [0.2, 0.25) is 0 Å². The number of carbonyl (C=O) groups is 1. The molecule has 0 spiro atoms. The molecule has 100 valence electrons. The van der Waals surface area contributed by atoms with Gasteiger partial charge in [-0.2, -0.15) is 0 Å². The molecule has 3 N–H and O–H groups in total. The Morgan fingerprint density at radius 1 is 1.26 bits per heavy atom. The number of aryl methyl sites for hydroxylation is 1. The van der Waals surface area contributed by atoms with Crippen molar-refractivity contribution in [3.8, 4) is 0 Å². The number of rotatable bonds is 1. The molecule has 0 atom stereocenters. The fourth-order valence-corrected chi connectivity index (χ4v) is 2.49. The third kappa shape index (κ3) is 2.29. The van der Waals surface area contributed by atoms with Gasteiger partial charge in [0, 0.05) is 42.8 Å². The van der Waals surface area contributed by atoms with Gasteiger partial charge in [-0.25, -0.2) is 4.79 Å². The van der Waals surface area contributed by atoms with Gasteiger partial charge >= 0.3 is 6.03 Å². The molecule has 3 rings (SSSR count). The first kappa shape index (κ1) is 12.0. The van der Waals surface area contributed by atoms with E-state index in [1.165, 1.54) is 0 Å². The van der Waals surface area contributed by atoms with Crippen LogP contribution in [0.4, 0.5) is 10.5 Å². The van der Waals surface area contributed by atoms with Crippen molar-refractivity contribution >= 4 is 22.6 Å². The number of para-hydroxylation sites is 1. The molecule has 1 aromatic heterocycles. The Morgan fingerprint density at radius 3 is 2.79 bits per heavy atom. The maximum atomic E-state index is 12.2. The summed E-state index contributed by atoms with van der Waals surface area (Å²) >= 11 is 0. The lowest BCUT2D eigenvalue weighted by Crippen LogP contribution is -2.48. The number of benzene rings is 1. The maximum Gasteiger partial charge on any atom is 0.322 e. The molecule has 5 heteroatoms. The fourth-order valence-electron chi connectivity index (χ4n) is 2.49. The molecule has 2 amide bonds. The number of H-pyrrole nitrogens is 1. The zero-order chi connectivity index (χ0) is 13.2. The Labute approximate surface area is 112 Å². The van der Waals surface area contributed by atoms with Crippen LogP contribution in [-0.2, 0) is 0 Å². The Morgan fingerprint density at radius 2 is 2.00 bits per heavy atom. The van der Waals surface area contributed by atoms with Crippen LogP contribution >= 0.6 is 0 Å². The summed E-state index contributed by atoms with van der Waals surface area (Å²) in [7, 11) is 0. The van der Waals surface area contributed by atoms with E-state index in [0.29, 0.717) is 0 Å². The molecule has 2 aromatic rings. The second kappa shape index (κ2) is 4.93. The Balaban J connectivity index is 1.84. The highest BCUT2D eigenvalue weighted by Gasteiger charge is 2.18. The molecule has 1 aliphatic heterocycles. The van der Waals surface area contributed by atoms with Crippen LogP contribution in [0.2, 0.25) is 0 Å². The van der Waals surface area contributed by atoms with Gasteiger partial charge in [-0.05, 0) is 13.0 Å². The molecule has 1 aliphatic rings. The molecule has 2 heterocycles. The first-order valence-corrected chi connectivity index (χ1v) is 6.59. The van der Waals surface area contributed by atoms with E-state index in [-0.39, 0.29) is 6.03 Å². The molecule has 1 aromatic carbocycles. The molecular weight excluding hydrogens is 240 g/mol. The third-order valence-corrected chi connectivity index (χ3v) is 3.53. The molecule has 0 saturated carbocycles. The fraction of sp³-hybridized carbons (Fsp3) is 0.357. The summed E-state index contributed by atoms with van der Waals surface area (Å²) in [6.07, 6.45) is 0. The van der Waals surface area contributed by atoms with Crippen LogP contribution in [0.15, 0.2) is 24.3 Å². The number of amides is 2. The number of nitrogens with zero attached hydrogens (tertiary/aromatic N) is 1. The average molecular weight is 258 g/mol. The zero-order valence-electron chi connectivity index (χ0n) is 11.0. The highest BCUT2D eigenvalue weighted by molar-refractivity contribution is 6.02. The van der Waals surface area contributed by atoms with E-state index in [0.717, 1.165) is 48.5 Å². The Hall–Kier alpha value is -2.01. The second-order valence-corrected chi connectivity index (χ2v) is 4.84.